The molecule has 1 unspecified atom stereocenters. The van der Waals surface area contributed by atoms with Gasteiger partial charge in [-0.1, -0.05) is 6.42 Å². The smallest absolute Gasteiger partial charge is 0.242 e. The second-order valence-corrected chi connectivity index (χ2v) is 6.26. The molecule has 19 heavy (non-hydrogen) atoms. The molecule has 2 N–H and O–H groups in total. The molecule has 1 aliphatic heterocycles. The first kappa shape index (κ1) is 13.9. The lowest BCUT2D eigenvalue weighted by Gasteiger charge is -2.23. The highest BCUT2D eigenvalue weighted by molar-refractivity contribution is 7.89. The lowest BCUT2D eigenvalue weighted by atomic mass is 10.1. The molecule has 1 fully saturated rings. The largest absolute Gasteiger partial charge is 0.313 e. The Bertz CT molecular complexity index is 556. The molecule has 1 aromatic rings. The Kier molecular flexibility index (Phi) is 4.47. The van der Waals surface area contributed by atoms with Gasteiger partial charge in [0.05, 0.1) is 0 Å². The molecule has 1 saturated heterocycles. The molecule has 1 atom stereocenters. The summed E-state index contributed by atoms with van der Waals surface area (Å²) in [5.41, 5.74) is 0.202. The highest BCUT2D eigenvalue weighted by Gasteiger charge is 2.18. The SMILES string of the molecule is N#Cc1ccc(S(=O)(=O)NCC2CCCCN2)cn1. The van der Waals surface area contributed by atoms with Gasteiger partial charge in [0.2, 0.25) is 10.0 Å². The maximum atomic E-state index is 12.0. The minimum atomic E-state index is -3.55. The van der Waals surface area contributed by atoms with Gasteiger partial charge in [-0.15, -0.1) is 0 Å². The Morgan fingerprint density at radius 2 is 2.32 bits per heavy atom. The van der Waals surface area contributed by atoms with E-state index in [-0.39, 0.29) is 16.6 Å². The highest BCUT2D eigenvalue weighted by atomic mass is 32.2. The molecular weight excluding hydrogens is 264 g/mol. The van der Waals surface area contributed by atoms with Crippen LogP contribution in [-0.2, 0) is 10.0 Å². The zero-order valence-corrected chi connectivity index (χ0v) is 11.3. The van der Waals surface area contributed by atoms with E-state index in [0.29, 0.717) is 6.54 Å². The molecular formula is C12H16N4O2S. The van der Waals surface area contributed by atoms with Crippen molar-refractivity contribution in [1.29, 1.82) is 5.26 Å². The topological polar surface area (TPSA) is 94.9 Å². The monoisotopic (exact) mass is 280 g/mol. The summed E-state index contributed by atoms with van der Waals surface area (Å²) in [6, 6.07) is 4.83. The van der Waals surface area contributed by atoms with Crippen LogP contribution < -0.4 is 10.0 Å². The minimum Gasteiger partial charge on any atom is -0.313 e. The summed E-state index contributed by atoms with van der Waals surface area (Å²) in [5.74, 6) is 0. The van der Waals surface area contributed by atoms with Crippen LogP contribution in [0.2, 0.25) is 0 Å². The second-order valence-electron chi connectivity index (χ2n) is 4.49. The molecule has 7 heteroatoms. The Hall–Kier alpha value is -1.49. The fourth-order valence-electron chi connectivity index (χ4n) is 2.00. The van der Waals surface area contributed by atoms with Crippen molar-refractivity contribution in [3.63, 3.8) is 0 Å². The van der Waals surface area contributed by atoms with E-state index in [1.807, 2.05) is 6.07 Å². The van der Waals surface area contributed by atoms with Gasteiger partial charge in [-0.3, -0.25) is 0 Å². The number of nitrogens with one attached hydrogen (secondary N) is 2. The van der Waals surface area contributed by atoms with Crippen LogP contribution in [0.1, 0.15) is 25.0 Å². The van der Waals surface area contributed by atoms with E-state index in [4.69, 9.17) is 5.26 Å². The van der Waals surface area contributed by atoms with Crippen molar-refractivity contribution in [2.45, 2.75) is 30.2 Å². The summed E-state index contributed by atoms with van der Waals surface area (Å²) in [6.45, 7) is 1.31. The van der Waals surface area contributed by atoms with Gasteiger partial charge in [-0.05, 0) is 31.5 Å². The number of pyridine rings is 1. The van der Waals surface area contributed by atoms with Crippen molar-refractivity contribution in [2.75, 3.05) is 13.1 Å². The predicted octanol–water partition coefficient (Wildman–Crippen LogP) is 0.374. The minimum absolute atomic E-state index is 0.0855. The summed E-state index contributed by atoms with van der Waals surface area (Å²) < 4.78 is 26.6. The number of aromatic nitrogens is 1. The van der Waals surface area contributed by atoms with E-state index in [1.54, 1.807) is 0 Å². The third kappa shape index (κ3) is 3.73. The van der Waals surface area contributed by atoms with Crippen molar-refractivity contribution in [2.24, 2.45) is 0 Å². The van der Waals surface area contributed by atoms with E-state index < -0.39 is 10.0 Å². The number of nitriles is 1. The van der Waals surface area contributed by atoms with Gasteiger partial charge >= 0.3 is 0 Å². The van der Waals surface area contributed by atoms with Crippen molar-refractivity contribution in [1.82, 2.24) is 15.0 Å². The Morgan fingerprint density at radius 3 is 2.89 bits per heavy atom. The third-order valence-corrected chi connectivity index (χ3v) is 4.50. The van der Waals surface area contributed by atoms with Crippen LogP contribution in [0.5, 0.6) is 0 Å². The number of hydrogen-bond donors (Lipinski definition) is 2. The summed E-state index contributed by atoms with van der Waals surface area (Å²) in [6.07, 6.45) is 4.45. The number of piperidine rings is 1. The molecule has 0 aromatic carbocycles. The molecule has 0 amide bonds. The number of sulfonamides is 1. The average molecular weight is 280 g/mol. The normalized spacial score (nSPS) is 19.8. The van der Waals surface area contributed by atoms with Gasteiger partial charge in [0.15, 0.2) is 0 Å². The first-order chi connectivity index (χ1) is 9.12. The van der Waals surface area contributed by atoms with Crippen LogP contribution in [0.3, 0.4) is 0 Å². The molecule has 1 aliphatic rings. The van der Waals surface area contributed by atoms with Gasteiger partial charge in [0, 0.05) is 18.8 Å². The summed E-state index contributed by atoms with van der Waals surface area (Å²) >= 11 is 0. The lowest BCUT2D eigenvalue weighted by Crippen LogP contribution is -2.43. The number of nitrogens with zero attached hydrogens (tertiary/aromatic N) is 2. The maximum absolute atomic E-state index is 12.0. The summed E-state index contributed by atoms with van der Waals surface area (Å²) in [5, 5.41) is 11.9. The molecule has 0 aliphatic carbocycles. The quantitative estimate of drug-likeness (QED) is 0.831. The van der Waals surface area contributed by atoms with E-state index >= 15 is 0 Å². The first-order valence-electron chi connectivity index (χ1n) is 6.21. The molecule has 0 bridgehead atoms. The van der Waals surface area contributed by atoms with E-state index in [9.17, 15) is 8.42 Å². The standard InChI is InChI=1S/C12H16N4O2S/c13-7-10-4-5-12(9-15-10)19(17,18)16-8-11-3-1-2-6-14-11/h4-5,9,11,14,16H,1-3,6,8H2. The van der Waals surface area contributed by atoms with Gasteiger partial charge in [-0.25, -0.2) is 18.1 Å². The Labute approximate surface area is 112 Å². The van der Waals surface area contributed by atoms with Crippen molar-refractivity contribution < 1.29 is 8.42 Å². The van der Waals surface area contributed by atoms with Crippen LogP contribution in [-0.4, -0.2) is 32.5 Å². The predicted molar refractivity (Wildman–Crippen MR) is 69.8 cm³/mol. The zero-order chi connectivity index (χ0) is 13.7. The van der Waals surface area contributed by atoms with Crippen LogP contribution in [0.4, 0.5) is 0 Å². The molecule has 102 valence electrons. The molecule has 2 heterocycles. The molecule has 0 radical (unpaired) electrons. The fourth-order valence-corrected chi connectivity index (χ4v) is 3.02. The van der Waals surface area contributed by atoms with E-state index in [0.717, 1.165) is 25.8 Å². The Morgan fingerprint density at radius 1 is 1.47 bits per heavy atom. The van der Waals surface area contributed by atoms with E-state index in [1.165, 1.54) is 18.3 Å². The third-order valence-electron chi connectivity index (χ3n) is 3.09. The van der Waals surface area contributed by atoms with Crippen LogP contribution in [0, 0.1) is 11.3 Å². The molecule has 0 saturated carbocycles. The van der Waals surface area contributed by atoms with Gasteiger partial charge in [0.25, 0.3) is 0 Å². The van der Waals surface area contributed by atoms with Crippen molar-refractivity contribution in [3.8, 4) is 6.07 Å². The molecule has 2 rings (SSSR count). The second kappa shape index (κ2) is 6.10. The zero-order valence-electron chi connectivity index (χ0n) is 10.5. The number of hydrogen-bond acceptors (Lipinski definition) is 5. The van der Waals surface area contributed by atoms with Crippen LogP contribution >= 0.6 is 0 Å². The van der Waals surface area contributed by atoms with E-state index in [2.05, 4.69) is 15.0 Å². The maximum Gasteiger partial charge on any atom is 0.242 e. The molecule has 0 spiro atoms. The first-order valence-corrected chi connectivity index (χ1v) is 7.69. The molecule has 6 nitrogen and oxygen atoms in total. The highest BCUT2D eigenvalue weighted by Crippen LogP contribution is 2.09. The van der Waals surface area contributed by atoms with Crippen molar-refractivity contribution in [3.05, 3.63) is 24.0 Å². The Balaban J connectivity index is 1.99. The van der Waals surface area contributed by atoms with Gasteiger partial charge in [0.1, 0.15) is 16.7 Å². The fraction of sp³-hybridized carbons (Fsp3) is 0.500. The summed E-state index contributed by atoms with van der Waals surface area (Å²) in [4.78, 5) is 3.85. The van der Waals surface area contributed by atoms with Gasteiger partial charge in [-0.2, -0.15) is 5.26 Å². The van der Waals surface area contributed by atoms with Crippen LogP contribution in [0.15, 0.2) is 23.2 Å². The van der Waals surface area contributed by atoms with Crippen molar-refractivity contribution >= 4 is 10.0 Å². The molecule has 1 aromatic heterocycles. The number of rotatable bonds is 4. The van der Waals surface area contributed by atoms with Gasteiger partial charge < -0.3 is 5.32 Å². The average Bonchev–Trinajstić information content (AvgIpc) is 2.46. The lowest BCUT2D eigenvalue weighted by molar-refractivity contribution is 0.398. The van der Waals surface area contributed by atoms with Crippen LogP contribution in [0.25, 0.3) is 0 Å². The summed E-state index contributed by atoms with van der Waals surface area (Å²) in [7, 11) is -3.55.